The van der Waals surface area contributed by atoms with Gasteiger partial charge in [0.15, 0.2) is 11.5 Å². The zero-order valence-corrected chi connectivity index (χ0v) is 74.1. The smallest absolute Gasteiger partial charge is 0.231 e. The summed E-state index contributed by atoms with van der Waals surface area (Å²) in [5.41, 5.74) is 14.2. The van der Waals surface area contributed by atoms with Gasteiger partial charge in [-0.3, -0.25) is 9.59 Å². The number of rotatable bonds is 52. The van der Waals surface area contributed by atoms with Crippen molar-refractivity contribution in [3.63, 3.8) is 0 Å². The third kappa shape index (κ3) is 24.9. The van der Waals surface area contributed by atoms with Crippen LogP contribution in [0.4, 0.5) is 11.4 Å². The average Bonchev–Trinajstić information content (AvgIpc) is 0.740. The Morgan fingerprint density at radius 2 is 0.480 bits per heavy atom. The summed E-state index contributed by atoms with van der Waals surface area (Å²) in [5, 5.41) is 15.5. The molecule has 0 spiro atoms. The number of fused-ring (bicyclic) bond motifs is 4. The normalized spacial score (nSPS) is 11.9. The topological polar surface area (TPSA) is 104 Å². The maximum atomic E-state index is 13.5. The summed E-state index contributed by atoms with van der Waals surface area (Å²) in [6.07, 6.45) is 36.9. The molecule has 2 N–H and O–H groups in total. The van der Waals surface area contributed by atoms with Gasteiger partial charge in [0, 0.05) is 22.5 Å². The second-order valence-corrected chi connectivity index (χ2v) is 34.0. The number of unbranched alkanes of at least 4 members (excludes halogenated alkanes) is 27. The van der Waals surface area contributed by atoms with Crippen LogP contribution in [0.25, 0.3) is 87.6 Å². The molecule has 0 bridgehead atoms. The predicted octanol–water partition coefficient (Wildman–Crippen LogP) is 32.5. The maximum absolute atomic E-state index is 13.5. The molecule has 0 heterocycles. The Morgan fingerprint density at radius 3 is 0.740 bits per heavy atom. The van der Waals surface area contributed by atoms with Crippen LogP contribution in [0.15, 0.2) is 261 Å². The average molecular weight is 1640 g/mol. The number of nitrogens with one attached hydrogen (secondary N) is 2. The number of anilines is 2. The molecule has 2 atom stereocenters. The van der Waals surface area contributed by atoms with Crippen molar-refractivity contribution in [2.45, 2.75) is 252 Å². The molecular weight excluding hydrogens is 1510 g/mol. The summed E-state index contributed by atoms with van der Waals surface area (Å²) in [5.74, 6) is 2.84. The second-order valence-electron chi connectivity index (χ2n) is 34.0. The van der Waals surface area contributed by atoms with E-state index in [1.807, 2.05) is 98.8 Å². The van der Waals surface area contributed by atoms with Crippen molar-refractivity contribution in [3.8, 4) is 73.3 Å². The van der Waals surface area contributed by atoms with Gasteiger partial charge in [-0.15, -0.1) is 0 Å². The van der Waals surface area contributed by atoms with Crippen LogP contribution in [-0.2, 0) is 22.8 Å². The Hall–Kier alpha value is -11.2. The quantitative estimate of drug-likeness (QED) is 0.0289. The minimum absolute atomic E-state index is 0.0417. The van der Waals surface area contributed by atoms with Gasteiger partial charge in [-0.2, -0.15) is 0 Å². The molecule has 13 aromatic rings. The molecule has 640 valence electrons. The largest absolute Gasteiger partial charge is 0.489 e. The molecule has 0 saturated carbocycles. The van der Waals surface area contributed by atoms with Crippen molar-refractivity contribution in [2.24, 2.45) is 0 Å². The minimum atomic E-state index is -0.291. The van der Waals surface area contributed by atoms with Crippen LogP contribution in [0.1, 0.15) is 261 Å². The third-order valence-electron chi connectivity index (χ3n) is 24.8. The van der Waals surface area contributed by atoms with Gasteiger partial charge < -0.3 is 34.3 Å². The number of hydrogen-bond donors (Lipinski definition) is 2. The van der Waals surface area contributed by atoms with Crippen LogP contribution in [0, 0.1) is 0 Å². The molecule has 13 rings (SSSR count). The van der Waals surface area contributed by atoms with Crippen LogP contribution >= 0.6 is 0 Å². The summed E-state index contributed by atoms with van der Waals surface area (Å²) < 4.78 is 35.9. The highest BCUT2D eigenvalue weighted by Gasteiger charge is 2.27. The van der Waals surface area contributed by atoms with Gasteiger partial charge in [0.25, 0.3) is 0 Å². The second kappa shape index (κ2) is 48.0. The van der Waals surface area contributed by atoms with Crippen LogP contribution in [0.2, 0.25) is 0 Å². The molecule has 0 saturated heterocycles. The monoisotopic (exact) mass is 1640 g/mol. The lowest BCUT2D eigenvalue weighted by atomic mass is 9.86. The molecule has 0 radical (unpaired) electrons. The standard InChI is InChI=1S/C114H132N2O7/c1-6-9-12-15-18-21-24-27-30-47-78-119-110-92(82-122-96-74-66-90(67-75-96)108-102-58-43-39-54-98(102)106(99-55-40-44-59-103(99)108)88-62-70-94(71-63-88)115-113(117)84(4)86-50-35-33-36-51-86)81-93(111(120-79-48-31-28-25-22-19-16-13-10-7-2)112(110)121-80-49-32-29-26-23-20-17-14-11-8-3)83-123-97-76-68-91(69-77-97)109-104-60-45-41-56-100(104)107(101-57-42-46-61-105(101)109)89-64-72-95(73-65-89)116-114(118)85(5)87-52-37-34-38-53-87/h33-46,50-77,81,84-85H,6-32,47-49,78-80,82-83H2,1-5H3,(H,115,117)(H,116,118)/t84-,85-/m1/s1. The van der Waals surface area contributed by atoms with Gasteiger partial charge >= 0.3 is 0 Å². The summed E-state index contributed by atoms with van der Waals surface area (Å²) in [6.45, 7) is 12.8. The summed E-state index contributed by atoms with van der Waals surface area (Å²) in [4.78, 5) is 27.0. The van der Waals surface area contributed by atoms with Gasteiger partial charge in [-0.05, 0) is 186 Å². The first-order valence-corrected chi connectivity index (χ1v) is 47.0. The Labute approximate surface area is 734 Å². The lowest BCUT2D eigenvalue weighted by molar-refractivity contribution is -0.118. The van der Waals surface area contributed by atoms with Crippen LogP contribution in [0.5, 0.6) is 28.7 Å². The minimum Gasteiger partial charge on any atom is -0.489 e. The van der Waals surface area contributed by atoms with Crippen LogP contribution < -0.4 is 34.3 Å². The van der Waals surface area contributed by atoms with Gasteiger partial charge in [0.1, 0.15) is 24.7 Å². The van der Waals surface area contributed by atoms with E-state index in [2.05, 4.69) is 207 Å². The van der Waals surface area contributed by atoms with Gasteiger partial charge in [-0.1, -0.05) is 400 Å². The Bertz CT molecular complexity index is 4980. The summed E-state index contributed by atoms with van der Waals surface area (Å²) >= 11 is 0. The number of ether oxygens (including phenoxy) is 5. The summed E-state index contributed by atoms with van der Waals surface area (Å²) in [7, 11) is 0. The van der Waals surface area contributed by atoms with E-state index in [1.54, 1.807) is 0 Å². The predicted molar refractivity (Wildman–Crippen MR) is 519 cm³/mol. The van der Waals surface area contributed by atoms with E-state index >= 15 is 0 Å². The molecule has 123 heavy (non-hydrogen) atoms. The third-order valence-corrected chi connectivity index (χ3v) is 24.8. The molecule has 9 heteroatoms. The number of benzene rings is 13. The zero-order valence-electron chi connectivity index (χ0n) is 74.1. The van der Waals surface area contributed by atoms with Crippen LogP contribution in [-0.4, -0.2) is 31.6 Å². The van der Waals surface area contributed by atoms with Crippen molar-refractivity contribution in [3.05, 3.63) is 283 Å². The van der Waals surface area contributed by atoms with Gasteiger partial charge in [0.2, 0.25) is 17.6 Å². The van der Waals surface area contributed by atoms with E-state index in [4.69, 9.17) is 23.7 Å². The van der Waals surface area contributed by atoms with E-state index in [9.17, 15) is 9.59 Å². The summed E-state index contributed by atoms with van der Waals surface area (Å²) in [6, 6.07) is 90.9. The highest BCUT2D eigenvalue weighted by Crippen LogP contribution is 2.49. The van der Waals surface area contributed by atoms with E-state index < -0.39 is 0 Å². The first-order chi connectivity index (χ1) is 60.7. The van der Waals surface area contributed by atoms with E-state index in [0.29, 0.717) is 37.1 Å². The Morgan fingerprint density at radius 1 is 0.252 bits per heavy atom. The number of carbonyl (C=O) groups excluding carboxylic acids is 2. The van der Waals surface area contributed by atoms with E-state index in [-0.39, 0.29) is 36.9 Å². The molecule has 0 aromatic heterocycles. The van der Waals surface area contributed by atoms with Crippen molar-refractivity contribution < 1.29 is 33.3 Å². The Balaban J connectivity index is 0.810. The highest BCUT2D eigenvalue weighted by atomic mass is 16.5. The van der Waals surface area contributed by atoms with Crippen molar-refractivity contribution in [2.75, 3.05) is 30.5 Å². The number of hydrogen-bond acceptors (Lipinski definition) is 7. The maximum Gasteiger partial charge on any atom is 0.231 e. The van der Waals surface area contributed by atoms with Crippen molar-refractivity contribution in [1.29, 1.82) is 0 Å². The highest BCUT2D eigenvalue weighted by molar-refractivity contribution is 6.23. The molecular formula is C114H132N2O7. The number of amides is 2. The lowest BCUT2D eigenvalue weighted by Crippen LogP contribution is -2.18. The SMILES string of the molecule is CCCCCCCCCCCCOc1c(COc2ccc(-c3c4ccccc4c(-c4ccc(NC(=O)[C@H](C)c5ccccc5)cc4)c4ccccc34)cc2)cc(COc2ccc(-c3c4ccccc4c(-c4ccc(NC(=O)[C@H](C)c5ccccc5)cc4)c4ccccc34)cc2)c(OCCCCCCCCCCCC)c1OCCCCCCCCCCCC. The van der Waals surface area contributed by atoms with Crippen molar-refractivity contribution in [1.82, 2.24) is 0 Å². The molecule has 0 aliphatic rings. The van der Waals surface area contributed by atoms with Crippen molar-refractivity contribution >= 4 is 66.3 Å². The first kappa shape index (κ1) is 89.6. The molecule has 13 aromatic carbocycles. The van der Waals surface area contributed by atoms with E-state index in [0.717, 1.165) is 171 Å². The zero-order chi connectivity index (χ0) is 85.0. The molecule has 0 aliphatic carbocycles. The van der Waals surface area contributed by atoms with E-state index in [1.165, 1.54) is 154 Å². The fraction of sp³-hybridized carbons (Fsp3) is 0.368. The lowest BCUT2D eigenvalue weighted by Gasteiger charge is -2.23. The molecule has 0 unspecified atom stereocenters. The van der Waals surface area contributed by atoms with Gasteiger partial charge in [0.05, 0.1) is 31.7 Å². The molecule has 2 amide bonds. The number of carbonyl (C=O) groups is 2. The fourth-order valence-electron chi connectivity index (χ4n) is 17.7. The molecule has 0 aliphatic heterocycles. The fourth-order valence-corrected chi connectivity index (χ4v) is 17.7. The Kier molecular flexibility index (Phi) is 35.0. The molecule has 9 nitrogen and oxygen atoms in total. The van der Waals surface area contributed by atoms with Gasteiger partial charge in [-0.25, -0.2) is 0 Å². The van der Waals surface area contributed by atoms with Crippen LogP contribution in [0.3, 0.4) is 0 Å². The first-order valence-electron chi connectivity index (χ1n) is 47.0. The molecule has 0 fully saturated rings.